The Hall–Kier alpha value is -1.31. The van der Waals surface area contributed by atoms with Crippen LogP contribution < -0.4 is 5.73 Å². The van der Waals surface area contributed by atoms with Crippen LogP contribution in [-0.4, -0.2) is 6.54 Å². The first kappa shape index (κ1) is 14.1. The highest BCUT2D eigenvalue weighted by Gasteiger charge is 2.12. The zero-order valence-electron chi connectivity index (χ0n) is 11.1. The van der Waals surface area contributed by atoms with Crippen molar-refractivity contribution >= 4 is 11.6 Å². The van der Waals surface area contributed by atoms with Gasteiger partial charge in [0, 0.05) is 5.02 Å². The van der Waals surface area contributed by atoms with Gasteiger partial charge >= 0.3 is 0 Å². The fourth-order valence-electron chi connectivity index (χ4n) is 2.40. The Bertz CT molecular complexity index is 496. The minimum Gasteiger partial charge on any atom is -0.330 e. The molecule has 0 fully saturated rings. The molecule has 0 radical (unpaired) electrons. The summed E-state index contributed by atoms with van der Waals surface area (Å²) in [7, 11) is 0. The third-order valence-corrected chi connectivity index (χ3v) is 3.83. The number of nitrogens with two attached hydrogens (primary N) is 1. The van der Waals surface area contributed by atoms with E-state index < -0.39 is 0 Å². The van der Waals surface area contributed by atoms with Crippen molar-refractivity contribution in [2.75, 3.05) is 6.54 Å². The second-order valence-electron chi connectivity index (χ2n) is 4.83. The minimum atomic E-state index is 0.359. The fraction of sp³-hybridized carbons (Fsp3) is 0.294. The third kappa shape index (κ3) is 4.09. The van der Waals surface area contributed by atoms with Gasteiger partial charge in [-0.05, 0) is 48.9 Å². The van der Waals surface area contributed by atoms with E-state index in [1.165, 1.54) is 11.1 Å². The molecule has 100 valence electrons. The van der Waals surface area contributed by atoms with Crippen LogP contribution in [0.15, 0.2) is 54.6 Å². The van der Waals surface area contributed by atoms with Gasteiger partial charge in [0.15, 0.2) is 0 Å². The smallest absolute Gasteiger partial charge is 0.0441 e. The molecule has 2 aromatic carbocycles. The molecule has 2 N–H and O–H groups in total. The molecule has 0 spiro atoms. The molecule has 1 atom stereocenters. The Labute approximate surface area is 120 Å². The monoisotopic (exact) mass is 273 g/mol. The molecular weight excluding hydrogens is 254 g/mol. The summed E-state index contributed by atoms with van der Waals surface area (Å²) in [5.41, 5.74) is 8.46. The topological polar surface area (TPSA) is 26.0 Å². The predicted molar refractivity (Wildman–Crippen MR) is 82.6 cm³/mol. The maximum absolute atomic E-state index is 6.24. The molecule has 19 heavy (non-hydrogen) atoms. The van der Waals surface area contributed by atoms with E-state index in [4.69, 9.17) is 17.3 Å². The van der Waals surface area contributed by atoms with Crippen LogP contribution in [0.2, 0.25) is 5.02 Å². The van der Waals surface area contributed by atoms with Crippen molar-refractivity contribution in [2.45, 2.75) is 25.2 Å². The van der Waals surface area contributed by atoms with Crippen LogP contribution in [0.4, 0.5) is 0 Å². The summed E-state index contributed by atoms with van der Waals surface area (Å²) in [5.74, 6) is 0.359. The van der Waals surface area contributed by atoms with E-state index >= 15 is 0 Å². The van der Waals surface area contributed by atoms with Crippen LogP contribution in [0.25, 0.3) is 0 Å². The van der Waals surface area contributed by atoms with E-state index in [-0.39, 0.29) is 0 Å². The first-order chi connectivity index (χ1) is 9.31. The highest BCUT2D eigenvalue weighted by atomic mass is 35.5. The summed E-state index contributed by atoms with van der Waals surface area (Å²) >= 11 is 6.24. The normalized spacial score (nSPS) is 12.3. The molecule has 0 heterocycles. The molecule has 0 amide bonds. The molecule has 2 heteroatoms. The molecule has 0 bridgehead atoms. The van der Waals surface area contributed by atoms with Crippen LogP contribution in [0.3, 0.4) is 0 Å². The highest BCUT2D eigenvalue weighted by molar-refractivity contribution is 6.31. The SMILES string of the molecule is NCC(CCCc1ccccc1)c1ccccc1Cl. The van der Waals surface area contributed by atoms with Crippen LogP contribution in [0.1, 0.15) is 29.9 Å². The third-order valence-electron chi connectivity index (χ3n) is 3.49. The lowest BCUT2D eigenvalue weighted by atomic mass is 9.92. The van der Waals surface area contributed by atoms with Crippen molar-refractivity contribution < 1.29 is 0 Å². The fourth-order valence-corrected chi connectivity index (χ4v) is 2.69. The van der Waals surface area contributed by atoms with Crippen LogP contribution >= 0.6 is 11.6 Å². The quantitative estimate of drug-likeness (QED) is 0.829. The molecule has 0 aliphatic rings. The van der Waals surface area contributed by atoms with Gasteiger partial charge < -0.3 is 5.73 Å². The molecular formula is C17H20ClN. The zero-order valence-corrected chi connectivity index (χ0v) is 11.8. The van der Waals surface area contributed by atoms with Crippen molar-refractivity contribution in [1.82, 2.24) is 0 Å². The van der Waals surface area contributed by atoms with E-state index in [1.807, 2.05) is 18.2 Å². The lowest BCUT2D eigenvalue weighted by Crippen LogP contribution is -2.13. The van der Waals surface area contributed by atoms with Crippen molar-refractivity contribution in [3.05, 3.63) is 70.7 Å². The molecule has 1 unspecified atom stereocenters. The average molecular weight is 274 g/mol. The van der Waals surface area contributed by atoms with Crippen molar-refractivity contribution in [3.8, 4) is 0 Å². The molecule has 0 aliphatic heterocycles. The van der Waals surface area contributed by atoms with Gasteiger partial charge in [0.05, 0.1) is 0 Å². The number of rotatable bonds is 6. The number of halogens is 1. The first-order valence-corrected chi connectivity index (χ1v) is 7.17. The summed E-state index contributed by atoms with van der Waals surface area (Å²) in [6.07, 6.45) is 3.31. The molecule has 0 aliphatic carbocycles. The Morgan fingerprint density at radius 1 is 0.947 bits per heavy atom. The van der Waals surface area contributed by atoms with Gasteiger partial charge in [0.1, 0.15) is 0 Å². The maximum atomic E-state index is 6.24. The summed E-state index contributed by atoms with van der Waals surface area (Å²) in [4.78, 5) is 0. The number of hydrogen-bond donors (Lipinski definition) is 1. The van der Waals surface area contributed by atoms with Gasteiger partial charge in [-0.3, -0.25) is 0 Å². The van der Waals surface area contributed by atoms with Crippen molar-refractivity contribution in [3.63, 3.8) is 0 Å². The molecule has 2 rings (SSSR count). The molecule has 1 nitrogen and oxygen atoms in total. The molecule has 0 saturated heterocycles. The highest BCUT2D eigenvalue weighted by Crippen LogP contribution is 2.27. The lowest BCUT2D eigenvalue weighted by molar-refractivity contribution is 0.599. The summed E-state index contributed by atoms with van der Waals surface area (Å²) < 4.78 is 0. The van der Waals surface area contributed by atoms with Crippen LogP contribution in [-0.2, 0) is 6.42 Å². The van der Waals surface area contributed by atoms with Crippen molar-refractivity contribution in [2.24, 2.45) is 5.73 Å². The summed E-state index contributed by atoms with van der Waals surface area (Å²) in [6, 6.07) is 18.6. The van der Waals surface area contributed by atoms with Crippen LogP contribution in [0, 0.1) is 0 Å². The summed E-state index contributed by atoms with van der Waals surface area (Å²) in [6.45, 7) is 0.651. The average Bonchev–Trinajstić information content (AvgIpc) is 2.46. The van der Waals surface area contributed by atoms with Gasteiger partial charge in [0.25, 0.3) is 0 Å². The van der Waals surface area contributed by atoms with E-state index in [1.54, 1.807) is 0 Å². The number of benzene rings is 2. The van der Waals surface area contributed by atoms with E-state index in [2.05, 4.69) is 36.4 Å². The van der Waals surface area contributed by atoms with Gasteiger partial charge in [-0.1, -0.05) is 60.1 Å². The maximum Gasteiger partial charge on any atom is 0.0441 e. The van der Waals surface area contributed by atoms with E-state index in [0.717, 1.165) is 24.3 Å². The standard InChI is InChI=1S/C17H20ClN/c18-17-12-5-4-11-16(17)15(13-19)10-6-9-14-7-2-1-3-8-14/h1-5,7-8,11-12,15H,6,9-10,13,19H2. The van der Waals surface area contributed by atoms with Gasteiger partial charge in [-0.2, -0.15) is 0 Å². The second kappa shape index (κ2) is 7.32. The molecule has 0 aromatic heterocycles. The van der Waals surface area contributed by atoms with Gasteiger partial charge in [0.2, 0.25) is 0 Å². The van der Waals surface area contributed by atoms with Crippen molar-refractivity contribution in [1.29, 1.82) is 0 Å². The lowest BCUT2D eigenvalue weighted by Gasteiger charge is -2.16. The van der Waals surface area contributed by atoms with E-state index in [0.29, 0.717) is 12.5 Å². The number of hydrogen-bond acceptors (Lipinski definition) is 1. The van der Waals surface area contributed by atoms with Gasteiger partial charge in [-0.25, -0.2) is 0 Å². The zero-order chi connectivity index (χ0) is 13.5. The van der Waals surface area contributed by atoms with Crippen LogP contribution in [0.5, 0.6) is 0 Å². The second-order valence-corrected chi connectivity index (χ2v) is 5.24. The predicted octanol–water partition coefficient (Wildman–Crippen LogP) is 4.41. The Morgan fingerprint density at radius 3 is 2.32 bits per heavy atom. The molecule has 0 saturated carbocycles. The Kier molecular flexibility index (Phi) is 5.44. The number of aryl methyl sites for hydroxylation is 1. The summed E-state index contributed by atoms with van der Waals surface area (Å²) in [5, 5.41) is 0.831. The molecule has 2 aromatic rings. The van der Waals surface area contributed by atoms with E-state index in [9.17, 15) is 0 Å². The van der Waals surface area contributed by atoms with Gasteiger partial charge in [-0.15, -0.1) is 0 Å². The Balaban J connectivity index is 1.92. The minimum absolute atomic E-state index is 0.359. The Morgan fingerprint density at radius 2 is 1.63 bits per heavy atom. The largest absolute Gasteiger partial charge is 0.330 e. The first-order valence-electron chi connectivity index (χ1n) is 6.79.